The zero-order valence-electron chi connectivity index (χ0n) is 20.2. The van der Waals surface area contributed by atoms with E-state index in [2.05, 4.69) is 10.1 Å². The number of hydrogen-bond donors (Lipinski definition) is 4. The summed E-state index contributed by atoms with van der Waals surface area (Å²) in [6.45, 7) is 5.66. The number of H-pyrrole nitrogens is 1. The number of hydrogen-bond acceptors (Lipinski definition) is 10. The lowest BCUT2D eigenvalue weighted by Gasteiger charge is -2.25. The van der Waals surface area contributed by atoms with Crippen molar-refractivity contribution < 1.29 is 38.1 Å². The van der Waals surface area contributed by atoms with Crippen molar-refractivity contribution in [3.63, 3.8) is 0 Å². The van der Waals surface area contributed by atoms with Gasteiger partial charge in [-0.15, -0.1) is 0 Å². The third-order valence-electron chi connectivity index (χ3n) is 5.19. The fraction of sp³-hybridized carbons (Fsp3) is 0.500. The summed E-state index contributed by atoms with van der Waals surface area (Å²) in [5.74, 6) is -0.509. The number of carbonyl (C=O) groups is 1. The molecule has 14 heteroatoms. The second-order valence-corrected chi connectivity index (χ2v) is 10.3. The van der Waals surface area contributed by atoms with Crippen LogP contribution in [-0.4, -0.2) is 62.8 Å². The van der Waals surface area contributed by atoms with Crippen LogP contribution >= 0.6 is 7.75 Å². The van der Waals surface area contributed by atoms with Gasteiger partial charge in [-0.05, 0) is 39.8 Å². The summed E-state index contributed by atoms with van der Waals surface area (Å²) in [5, 5.41) is 23.5. The van der Waals surface area contributed by atoms with E-state index >= 15 is 0 Å². The largest absolute Gasteiger partial charge is 0.462 e. The summed E-state index contributed by atoms with van der Waals surface area (Å²) < 4.78 is 36.3. The van der Waals surface area contributed by atoms with Crippen LogP contribution in [0.25, 0.3) is 0 Å². The van der Waals surface area contributed by atoms with Gasteiger partial charge in [0.1, 0.15) is 30.1 Å². The molecule has 2 aromatic rings. The van der Waals surface area contributed by atoms with Gasteiger partial charge in [-0.1, -0.05) is 18.2 Å². The Hall–Kier alpha value is -2.80. The number of carbonyl (C=O) groups excluding carboxylic acids is 1. The standard InChI is InChI=1S/C22H30N3O10P/c1-12(2)33-21(29)14(4)24-36(31,35-15-8-6-5-7-9-15)32-11-16-17(26)18(27)20(34-16)25-10-13(3)19(28)23-22(25)30/h5-10,12,14,16-18,20,26-27H,11H2,1-4H3,(H,24,31)(H,23,28,30)/t14-,16-,17+,18?,20-,36?/m0/s1. The van der Waals surface area contributed by atoms with Gasteiger partial charge in [0.05, 0.1) is 12.7 Å². The molecule has 1 aromatic heterocycles. The number of esters is 1. The molecule has 0 saturated carbocycles. The Morgan fingerprint density at radius 2 is 1.86 bits per heavy atom. The lowest BCUT2D eigenvalue weighted by atomic mass is 10.1. The molecular weight excluding hydrogens is 497 g/mol. The third kappa shape index (κ3) is 6.69. The molecule has 1 saturated heterocycles. The SMILES string of the molecule is Cc1cn([C@H]2O[C@@H](COP(=O)(N[C@@H](C)C(=O)OC(C)C)Oc3ccccc3)[C@@H](O)C2O)c(=O)[nH]c1=O. The number of nitrogens with one attached hydrogen (secondary N) is 2. The molecule has 1 fully saturated rings. The first kappa shape index (κ1) is 27.8. The van der Waals surface area contributed by atoms with Crippen molar-refractivity contribution in [2.24, 2.45) is 0 Å². The van der Waals surface area contributed by atoms with Gasteiger partial charge in [-0.25, -0.2) is 9.36 Å². The summed E-state index contributed by atoms with van der Waals surface area (Å²) in [6.07, 6.45) is -4.91. The number of aliphatic hydroxyl groups excluding tert-OH is 2. The van der Waals surface area contributed by atoms with Crippen molar-refractivity contribution in [2.45, 2.75) is 64.4 Å². The minimum absolute atomic E-state index is 0.179. The van der Waals surface area contributed by atoms with Crippen LogP contribution in [-0.2, 0) is 23.4 Å². The van der Waals surface area contributed by atoms with Crippen molar-refractivity contribution in [1.29, 1.82) is 0 Å². The maximum absolute atomic E-state index is 13.6. The number of nitrogens with zero attached hydrogens (tertiary/aromatic N) is 1. The van der Waals surface area contributed by atoms with Crippen LogP contribution in [0.3, 0.4) is 0 Å². The zero-order chi connectivity index (χ0) is 26.6. The van der Waals surface area contributed by atoms with Crippen molar-refractivity contribution in [3.05, 3.63) is 62.9 Å². The average Bonchev–Trinajstić information content (AvgIpc) is 3.08. The van der Waals surface area contributed by atoms with Crippen LogP contribution in [0.2, 0.25) is 0 Å². The number of benzene rings is 1. The second-order valence-electron chi connectivity index (χ2n) is 8.56. The van der Waals surface area contributed by atoms with E-state index in [9.17, 15) is 29.2 Å². The molecular formula is C22H30N3O10P. The summed E-state index contributed by atoms with van der Waals surface area (Å²) in [6, 6.07) is 6.98. The molecule has 2 heterocycles. The van der Waals surface area contributed by atoms with Crippen molar-refractivity contribution in [2.75, 3.05) is 6.61 Å². The van der Waals surface area contributed by atoms with Crippen molar-refractivity contribution in [3.8, 4) is 5.75 Å². The Morgan fingerprint density at radius 3 is 2.50 bits per heavy atom. The number of aromatic nitrogens is 2. The molecule has 2 unspecified atom stereocenters. The van der Waals surface area contributed by atoms with E-state index in [1.807, 2.05) is 0 Å². The van der Waals surface area contributed by atoms with Gasteiger partial charge in [-0.3, -0.25) is 23.7 Å². The van der Waals surface area contributed by atoms with E-state index in [1.54, 1.807) is 32.0 Å². The number of para-hydroxylation sites is 1. The van der Waals surface area contributed by atoms with Crippen LogP contribution < -0.4 is 20.9 Å². The van der Waals surface area contributed by atoms with E-state index in [0.29, 0.717) is 0 Å². The molecule has 0 spiro atoms. The smallest absolute Gasteiger partial charge is 0.459 e. The number of aromatic amines is 1. The highest BCUT2D eigenvalue weighted by atomic mass is 31.2. The molecule has 0 amide bonds. The van der Waals surface area contributed by atoms with Crippen LogP contribution in [0.4, 0.5) is 0 Å². The quantitative estimate of drug-likeness (QED) is 0.251. The molecule has 6 atom stereocenters. The van der Waals surface area contributed by atoms with Gasteiger partial charge in [0.2, 0.25) is 0 Å². The van der Waals surface area contributed by atoms with Gasteiger partial charge < -0.3 is 24.2 Å². The predicted molar refractivity (Wildman–Crippen MR) is 126 cm³/mol. The summed E-state index contributed by atoms with van der Waals surface area (Å²) in [5.41, 5.74) is -1.26. The van der Waals surface area contributed by atoms with E-state index in [1.165, 1.54) is 32.2 Å². The Bertz CT molecular complexity index is 1210. The van der Waals surface area contributed by atoms with E-state index < -0.39 is 68.3 Å². The maximum Gasteiger partial charge on any atom is 0.459 e. The molecule has 198 valence electrons. The summed E-state index contributed by atoms with van der Waals surface area (Å²) in [4.78, 5) is 38.2. The van der Waals surface area contributed by atoms with Crippen LogP contribution in [0.1, 0.15) is 32.6 Å². The summed E-state index contributed by atoms with van der Waals surface area (Å²) in [7, 11) is -4.25. The summed E-state index contributed by atoms with van der Waals surface area (Å²) >= 11 is 0. The monoisotopic (exact) mass is 527 g/mol. The number of rotatable bonds is 10. The van der Waals surface area contributed by atoms with Gasteiger partial charge in [-0.2, -0.15) is 5.09 Å². The fourth-order valence-electron chi connectivity index (χ4n) is 3.38. The molecule has 3 rings (SSSR count). The Labute approximate surface area is 206 Å². The first-order valence-corrected chi connectivity index (χ1v) is 12.8. The Morgan fingerprint density at radius 1 is 1.19 bits per heavy atom. The van der Waals surface area contributed by atoms with E-state index in [4.69, 9.17) is 18.5 Å². The molecule has 1 aliphatic heterocycles. The number of aliphatic hydroxyl groups is 2. The highest BCUT2D eigenvalue weighted by Gasteiger charge is 2.46. The third-order valence-corrected chi connectivity index (χ3v) is 6.84. The fourth-order valence-corrected chi connectivity index (χ4v) is 4.88. The minimum Gasteiger partial charge on any atom is -0.462 e. The average molecular weight is 527 g/mol. The molecule has 36 heavy (non-hydrogen) atoms. The molecule has 13 nitrogen and oxygen atoms in total. The molecule has 4 N–H and O–H groups in total. The first-order chi connectivity index (χ1) is 16.9. The molecule has 1 aliphatic rings. The molecule has 0 radical (unpaired) electrons. The highest BCUT2D eigenvalue weighted by molar-refractivity contribution is 7.52. The van der Waals surface area contributed by atoms with Gasteiger partial charge in [0.15, 0.2) is 6.23 Å². The normalized spacial score (nSPS) is 24.3. The lowest BCUT2D eigenvalue weighted by molar-refractivity contribution is -0.149. The Balaban J connectivity index is 1.77. The molecule has 1 aromatic carbocycles. The predicted octanol–water partition coefficient (Wildman–Crippen LogP) is 0.598. The maximum atomic E-state index is 13.6. The van der Waals surface area contributed by atoms with Crippen molar-refractivity contribution >= 4 is 13.7 Å². The van der Waals surface area contributed by atoms with Crippen molar-refractivity contribution in [1.82, 2.24) is 14.6 Å². The van der Waals surface area contributed by atoms with Gasteiger partial charge in [0, 0.05) is 11.8 Å². The van der Waals surface area contributed by atoms with E-state index in [-0.39, 0.29) is 11.3 Å². The Kier molecular flexibility index (Phi) is 8.88. The van der Waals surface area contributed by atoms with Gasteiger partial charge in [0.25, 0.3) is 5.56 Å². The number of ether oxygens (including phenoxy) is 2. The highest BCUT2D eigenvalue weighted by Crippen LogP contribution is 2.46. The van der Waals surface area contributed by atoms with Crippen LogP contribution in [0.15, 0.2) is 46.1 Å². The lowest BCUT2D eigenvalue weighted by Crippen LogP contribution is -2.39. The minimum atomic E-state index is -4.25. The topological polar surface area (TPSA) is 178 Å². The zero-order valence-corrected chi connectivity index (χ0v) is 21.1. The van der Waals surface area contributed by atoms with E-state index in [0.717, 1.165) is 4.57 Å². The van der Waals surface area contributed by atoms with Gasteiger partial charge >= 0.3 is 19.4 Å². The molecule has 0 bridgehead atoms. The number of aryl methyl sites for hydroxylation is 1. The van der Waals surface area contributed by atoms with Crippen LogP contribution in [0.5, 0.6) is 5.75 Å². The molecule has 0 aliphatic carbocycles. The van der Waals surface area contributed by atoms with Crippen LogP contribution in [0, 0.1) is 6.92 Å². The first-order valence-electron chi connectivity index (χ1n) is 11.2. The second kappa shape index (κ2) is 11.5.